The maximum absolute atomic E-state index is 12.3. The predicted molar refractivity (Wildman–Crippen MR) is 78.9 cm³/mol. The molecule has 0 aliphatic carbocycles. The van der Waals surface area contributed by atoms with Crippen molar-refractivity contribution in [1.82, 2.24) is 9.80 Å². The second-order valence-electron chi connectivity index (χ2n) is 6.40. The number of ether oxygens (including phenoxy) is 1. The van der Waals surface area contributed by atoms with E-state index in [1.165, 1.54) is 0 Å². The van der Waals surface area contributed by atoms with Gasteiger partial charge in [-0.15, -0.1) is 11.6 Å². The lowest BCUT2D eigenvalue weighted by atomic mass is 10.2. The average Bonchev–Trinajstić information content (AvgIpc) is 2.74. The highest BCUT2D eigenvalue weighted by Crippen LogP contribution is 2.21. The SMILES string of the molecule is CC(C)N(C(=O)OC(C)(C)C)C1CCN(C(=O)CCl)C1. The van der Waals surface area contributed by atoms with Crippen LogP contribution in [0.1, 0.15) is 41.0 Å². The van der Waals surface area contributed by atoms with Crippen LogP contribution in [0.25, 0.3) is 0 Å². The summed E-state index contributed by atoms with van der Waals surface area (Å²) < 4.78 is 5.45. The van der Waals surface area contributed by atoms with Gasteiger partial charge in [-0.1, -0.05) is 0 Å². The van der Waals surface area contributed by atoms with Gasteiger partial charge in [0.15, 0.2) is 0 Å². The second-order valence-corrected chi connectivity index (χ2v) is 6.66. The number of nitrogens with zero attached hydrogens (tertiary/aromatic N) is 2. The standard InChI is InChI=1S/C14H25ClN2O3/c1-10(2)17(13(19)20-14(3,4)5)11-6-7-16(9-11)12(18)8-15/h10-11H,6-9H2,1-5H3. The van der Waals surface area contributed by atoms with Gasteiger partial charge in [0.1, 0.15) is 11.5 Å². The van der Waals surface area contributed by atoms with E-state index in [9.17, 15) is 9.59 Å². The summed E-state index contributed by atoms with van der Waals surface area (Å²) in [5, 5.41) is 0. The minimum absolute atomic E-state index is 0.00276. The lowest BCUT2D eigenvalue weighted by Crippen LogP contribution is -2.48. The highest BCUT2D eigenvalue weighted by atomic mass is 35.5. The molecule has 0 aromatic carbocycles. The number of carbonyl (C=O) groups excluding carboxylic acids is 2. The highest BCUT2D eigenvalue weighted by Gasteiger charge is 2.36. The number of halogens is 1. The van der Waals surface area contributed by atoms with Crippen LogP contribution < -0.4 is 0 Å². The fourth-order valence-electron chi connectivity index (χ4n) is 2.38. The predicted octanol–water partition coefficient (Wildman–Crippen LogP) is 2.47. The van der Waals surface area contributed by atoms with Crippen LogP contribution in [0.2, 0.25) is 0 Å². The minimum atomic E-state index is -0.519. The summed E-state index contributed by atoms with van der Waals surface area (Å²) >= 11 is 5.58. The normalized spacial score (nSPS) is 19.4. The lowest BCUT2D eigenvalue weighted by molar-refractivity contribution is -0.127. The molecular formula is C14H25ClN2O3. The molecule has 0 bridgehead atoms. The molecule has 0 aromatic rings. The second kappa shape index (κ2) is 6.66. The molecular weight excluding hydrogens is 280 g/mol. The van der Waals surface area contributed by atoms with E-state index in [1.54, 1.807) is 9.80 Å². The Morgan fingerprint density at radius 2 is 2.00 bits per heavy atom. The van der Waals surface area contributed by atoms with E-state index < -0.39 is 5.60 Å². The molecule has 20 heavy (non-hydrogen) atoms. The minimum Gasteiger partial charge on any atom is -0.444 e. The molecule has 1 heterocycles. The maximum Gasteiger partial charge on any atom is 0.410 e. The quantitative estimate of drug-likeness (QED) is 0.753. The molecule has 1 aliphatic heterocycles. The molecule has 1 rings (SSSR count). The number of alkyl halides is 1. The summed E-state index contributed by atoms with van der Waals surface area (Å²) in [6, 6.07) is 0.0259. The Balaban J connectivity index is 2.73. The van der Waals surface area contributed by atoms with Crippen LogP contribution in [0.5, 0.6) is 0 Å². The van der Waals surface area contributed by atoms with E-state index in [0.29, 0.717) is 13.1 Å². The van der Waals surface area contributed by atoms with E-state index in [0.717, 1.165) is 6.42 Å². The van der Waals surface area contributed by atoms with Crippen LogP contribution in [0.4, 0.5) is 4.79 Å². The van der Waals surface area contributed by atoms with Gasteiger partial charge in [-0.3, -0.25) is 4.79 Å². The average molecular weight is 305 g/mol. The van der Waals surface area contributed by atoms with Crippen LogP contribution in [0.3, 0.4) is 0 Å². The number of hydrogen-bond acceptors (Lipinski definition) is 3. The molecule has 1 unspecified atom stereocenters. The smallest absolute Gasteiger partial charge is 0.410 e. The zero-order valence-corrected chi connectivity index (χ0v) is 13.7. The summed E-state index contributed by atoms with van der Waals surface area (Å²) in [6.45, 7) is 10.6. The molecule has 1 fully saturated rings. The number of hydrogen-bond donors (Lipinski definition) is 0. The third kappa shape index (κ3) is 4.54. The van der Waals surface area contributed by atoms with Crippen LogP contribution in [0.15, 0.2) is 0 Å². The third-order valence-corrected chi connectivity index (χ3v) is 3.41. The number of rotatable bonds is 3. The lowest BCUT2D eigenvalue weighted by Gasteiger charge is -2.34. The van der Waals surface area contributed by atoms with E-state index in [1.807, 2.05) is 34.6 Å². The molecule has 0 N–H and O–H groups in total. The van der Waals surface area contributed by atoms with Gasteiger partial charge in [0.05, 0.1) is 6.04 Å². The van der Waals surface area contributed by atoms with Crippen LogP contribution >= 0.6 is 11.6 Å². The largest absolute Gasteiger partial charge is 0.444 e. The Labute approximate surface area is 126 Å². The van der Waals surface area contributed by atoms with Crippen molar-refractivity contribution in [2.75, 3.05) is 19.0 Å². The fourth-order valence-corrected chi connectivity index (χ4v) is 2.55. The molecule has 116 valence electrons. The Morgan fingerprint density at radius 1 is 1.40 bits per heavy atom. The van der Waals surface area contributed by atoms with Crippen LogP contribution in [0, 0.1) is 0 Å². The van der Waals surface area contributed by atoms with Crippen molar-refractivity contribution < 1.29 is 14.3 Å². The van der Waals surface area contributed by atoms with Crippen molar-refractivity contribution in [3.63, 3.8) is 0 Å². The van der Waals surface area contributed by atoms with Gasteiger partial charge in [-0.2, -0.15) is 0 Å². The number of likely N-dealkylation sites (tertiary alicyclic amines) is 1. The number of carbonyl (C=O) groups is 2. The molecule has 1 saturated heterocycles. The highest BCUT2D eigenvalue weighted by molar-refractivity contribution is 6.27. The summed E-state index contributed by atoms with van der Waals surface area (Å²) in [5.74, 6) is -0.0945. The van der Waals surface area contributed by atoms with Crippen molar-refractivity contribution in [3.8, 4) is 0 Å². The zero-order chi connectivity index (χ0) is 15.5. The van der Waals surface area contributed by atoms with E-state index in [-0.39, 0.29) is 30.0 Å². The molecule has 0 spiro atoms. The first kappa shape index (κ1) is 17.1. The first-order valence-electron chi connectivity index (χ1n) is 7.00. The van der Waals surface area contributed by atoms with Crippen molar-refractivity contribution >= 4 is 23.6 Å². The van der Waals surface area contributed by atoms with Crippen molar-refractivity contribution in [3.05, 3.63) is 0 Å². The van der Waals surface area contributed by atoms with Gasteiger partial charge in [-0.05, 0) is 41.0 Å². The molecule has 0 radical (unpaired) electrons. The molecule has 1 atom stereocenters. The van der Waals surface area contributed by atoms with E-state index >= 15 is 0 Å². The molecule has 2 amide bonds. The summed E-state index contributed by atoms with van der Waals surface area (Å²) in [6.07, 6.45) is 0.442. The topological polar surface area (TPSA) is 49.9 Å². The molecule has 0 aromatic heterocycles. The van der Waals surface area contributed by atoms with E-state index in [2.05, 4.69) is 0 Å². The zero-order valence-electron chi connectivity index (χ0n) is 13.0. The summed E-state index contributed by atoms with van der Waals surface area (Å²) in [4.78, 5) is 27.4. The molecule has 6 heteroatoms. The Bertz CT molecular complexity index is 366. The summed E-state index contributed by atoms with van der Waals surface area (Å²) in [5.41, 5.74) is -0.519. The Kier molecular flexibility index (Phi) is 5.68. The fraction of sp³-hybridized carbons (Fsp3) is 0.857. The summed E-state index contributed by atoms with van der Waals surface area (Å²) in [7, 11) is 0. The van der Waals surface area contributed by atoms with Gasteiger partial charge < -0.3 is 14.5 Å². The van der Waals surface area contributed by atoms with Crippen LogP contribution in [-0.4, -0.2) is 58.5 Å². The van der Waals surface area contributed by atoms with Gasteiger partial charge in [0.25, 0.3) is 0 Å². The van der Waals surface area contributed by atoms with E-state index in [4.69, 9.17) is 16.3 Å². The van der Waals surface area contributed by atoms with Gasteiger partial charge in [0, 0.05) is 19.1 Å². The van der Waals surface area contributed by atoms with Gasteiger partial charge >= 0.3 is 6.09 Å². The monoisotopic (exact) mass is 304 g/mol. The Hall–Kier alpha value is -0.970. The first-order valence-corrected chi connectivity index (χ1v) is 7.54. The Morgan fingerprint density at radius 3 is 2.45 bits per heavy atom. The molecule has 0 saturated carbocycles. The molecule has 1 aliphatic rings. The first-order chi connectivity index (χ1) is 9.15. The van der Waals surface area contributed by atoms with Crippen molar-refractivity contribution in [2.24, 2.45) is 0 Å². The number of amides is 2. The van der Waals surface area contributed by atoms with Crippen LogP contribution in [-0.2, 0) is 9.53 Å². The van der Waals surface area contributed by atoms with Crippen molar-refractivity contribution in [1.29, 1.82) is 0 Å². The van der Waals surface area contributed by atoms with Gasteiger partial charge in [-0.25, -0.2) is 4.79 Å². The molecule has 5 nitrogen and oxygen atoms in total. The van der Waals surface area contributed by atoms with Crippen molar-refractivity contribution in [2.45, 2.75) is 58.7 Å². The van der Waals surface area contributed by atoms with Gasteiger partial charge in [0.2, 0.25) is 5.91 Å². The maximum atomic E-state index is 12.3. The third-order valence-electron chi connectivity index (χ3n) is 3.18.